The van der Waals surface area contributed by atoms with Crippen molar-refractivity contribution >= 4 is 23.5 Å². The third-order valence-electron chi connectivity index (χ3n) is 5.89. The molecule has 9 heteroatoms. The molecule has 0 bridgehead atoms. The quantitative estimate of drug-likeness (QED) is 0.117. The molecular formula is C29H35FO8. The number of benzene rings is 2. The van der Waals surface area contributed by atoms with Gasteiger partial charge in [0.15, 0.2) is 23.1 Å². The fourth-order valence-corrected chi connectivity index (χ4v) is 3.80. The summed E-state index contributed by atoms with van der Waals surface area (Å²) in [7, 11) is 0. The predicted octanol–water partition coefficient (Wildman–Crippen LogP) is 6.44. The number of ether oxygens (including phenoxy) is 2. The molecule has 0 spiro atoms. The van der Waals surface area contributed by atoms with Crippen LogP contribution in [-0.2, 0) is 16.1 Å². The first-order chi connectivity index (χ1) is 18.2. The third-order valence-corrected chi connectivity index (χ3v) is 5.89. The SMILES string of the molecule is CCCCC(=O)Oc1c(O)c(O)c(C(=O)CCCC)c(C(=O)OCc2cccc(F)c2)c1C(=O)CCCC. The molecule has 2 rings (SSSR count). The molecule has 2 N–H and O–H groups in total. The Balaban J connectivity index is 2.73. The van der Waals surface area contributed by atoms with Gasteiger partial charge in [0.25, 0.3) is 0 Å². The molecule has 0 fully saturated rings. The maximum atomic E-state index is 13.6. The van der Waals surface area contributed by atoms with E-state index >= 15 is 0 Å². The highest BCUT2D eigenvalue weighted by Gasteiger charge is 2.36. The lowest BCUT2D eigenvalue weighted by Gasteiger charge is -2.20. The summed E-state index contributed by atoms with van der Waals surface area (Å²) < 4.78 is 24.3. The highest BCUT2D eigenvalue weighted by atomic mass is 19.1. The Morgan fingerprint density at radius 3 is 1.95 bits per heavy atom. The number of carbonyl (C=O) groups is 4. The number of rotatable bonds is 15. The van der Waals surface area contributed by atoms with Crippen LogP contribution in [0.4, 0.5) is 4.39 Å². The number of ketones is 2. The number of esters is 2. The molecule has 0 aliphatic heterocycles. The van der Waals surface area contributed by atoms with E-state index in [4.69, 9.17) is 9.47 Å². The summed E-state index contributed by atoms with van der Waals surface area (Å²) in [5.74, 6) is -6.48. The van der Waals surface area contributed by atoms with Crippen molar-refractivity contribution in [3.8, 4) is 17.2 Å². The molecule has 0 amide bonds. The summed E-state index contributed by atoms with van der Waals surface area (Å²) in [5, 5.41) is 21.6. The standard InChI is InChI=1S/C29H35FO8/c1-4-7-13-20(31)23-25(29(36)37-17-18-11-10-12-19(30)16-18)24(21(32)14-8-5-2)28(27(35)26(23)34)38-22(33)15-9-6-3/h10-12,16,34-35H,4-9,13-15,17H2,1-3H3. The zero-order chi connectivity index (χ0) is 28.2. The number of aromatic hydroxyl groups is 2. The number of Topliss-reactive ketones (excluding diaryl/α,β-unsaturated/α-hetero) is 2. The van der Waals surface area contributed by atoms with E-state index in [1.165, 1.54) is 18.2 Å². The average Bonchev–Trinajstić information content (AvgIpc) is 2.90. The van der Waals surface area contributed by atoms with Crippen LogP contribution in [-0.4, -0.2) is 33.7 Å². The van der Waals surface area contributed by atoms with E-state index < -0.39 is 69.9 Å². The van der Waals surface area contributed by atoms with Crippen LogP contribution in [0.5, 0.6) is 17.2 Å². The maximum absolute atomic E-state index is 13.6. The second-order valence-corrected chi connectivity index (χ2v) is 8.99. The maximum Gasteiger partial charge on any atom is 0.340 e. The second-order valence-electron chi connectivity index (χ2n) is 8.99. The first-order valence-electron chi connectivity index (χ1n) is 13.0. The fraction of sp³-hybridized carbons (Fsp3) is 0.448. The van der Waals surface area contributed by atoms with Crippen molar-refractivity contribution in [2.45, 2.75) is 85.2 Å². The molecule has 0 aliphatic rings. The van der Waals surface area contributed by atoms with Gasteiger partial charge in [0.1, 0.15) is 12.4 Å². The monoisotopic (exact) mass is 530 g/mol. The van der Waals surface area contributed by atoms with E-state index in [1.54, 1.807) is 0 Å². The summed E-state index contributed by atoms with van der Waals surface area (Å²) in [6.07, 6.45) is 3.06. The fourth-order valence-electron chi connectivity index (χ4n) is 3.80. The summed E-state index contributed by atoms with van der Waals surface area (Å²) in [4.78, 5) is 52.4. The first kappa shape index (κ1) is 30.5. The van der Waals surface area contributed by atoms with Crippen LogP contribution in [0.2, 0.25) is 0 Å². The van der Waals surface area contributed by atoms with Gasteiger partial charge in [-0.15, -0.1) is 0 Å². The van der Waals surface area contributed by atoms with Crippen LogP contribution >= 0.6 is 0 Å². The summed E-state index contributed by atoms with van der Waals surface area (Å²) in [6.45, 7) is 5.16. The number of halogens is 1. The Kier molecular flexibility index (Phi) is 11.9. The van der Waals surface area contributed by atoms with Crippen LogP contribution in [0.1, 0.15) is 115 Å². The van der Waals surface area contributed by atoms with Gasteiger partial charge in [0.05, 0.1) is 16.7 Å². The molecule has 206 valence electrons. The van der Waals surface area contributed by atoms with Crippen LogP contribution in [0.15, 0.2) is 24.3 Å². The zero-order valence-electron chi connectivity index (χ0n) is 22.1. The van der Waals surface area contributed by atoms with Gasteiger partial charge in [0, 0.05) is 19.3 Å². The summed E-state index contributed by atoms with van der Waals surface area (Å²) >= 11 is 0. The number of phenolic OH excluding ortho intramolecular Hbond substituents is 2. The van der Waals surface area contributed by atoms with Crippen molar-refractivity contribution in [2.75, 3.05) is 0 Å². The largest absolute Gasteiger partial charge is 0.504 e. The smallest absolute Gasteiger partial charge is 0.340 e. The molecule has 0 atom stereocenters. The minimum Gasteiger partial charge on any atom is -0.504 e. The molecule has 0 saturated carbocycles. The van der Waals surface area contributed by atoms with Gasteiger partial charge in [-0.25, -0.2) is 9.18 Å². The Morgan fingerprint density at radius 1 is 0.789 bits per heavy atom. The first-order valence-corrected chi connectivity index (χ1v) is 13.0. The van der Waals surface area contributed by atoms with E-state index in [2.05, 4.69) is 0 Å². The van der Waals surface area contributed by atoms with Crippen LogP contribution in [0, 0.1) is 5.82 Å². The Hall–Kier alpha value is -3.75. The molecule has 2 aromatic carbocycles. The van der Waals surface area contributed by atoms with E-state index in [0.717, 1.165) is 6.07 Å². The summed E-state index contributed by atoms with van der Waals surface area (Å²) in [6, 6.07) is 5.32. The number of carbonyl (C=O) groups excluding carboxylic acids is 4. The van der Waals surface area contributed by atoms with E-state index in [0.29, 0.717) is 44.1 Å². The normalized spacial score (nSPS) is 10.7. The van der Waals surface area contributed by atoms with Crippen molar-refractivity contribution in [2.24, 2.45) is 0 Å². The average molecular weight is 531 g/mol. The molecule has 38 heavy (non-hydrogen) atoms. The van der Waals surface area contributed by atoms with Gasteiger partial charge in [0.2, 0.25) is 5.75 Å². The highest BCUT2D eigenvalue weighted by molar-refractivity contribution is 6.17. The lowest BCUT2D eigenvalue weighted by molar-refractivity contribution is -0.134. The van der Waals surface area contributed by atoms with Gasteiger partial charge in [-0.3, -0.25) is 14.4 Å². The lowest BCUT2D eigenvalue weighted by Crippen LogP contribution is -2.21. The lowest BCUT2D eigenvalue weighted by atomic mass is 9.90. The van der Waals surface area contributed by atoms with Crippen LogP contribution in [0.25, 0.3) is 0 Å². The minimum absolute atomic E-state index is 0.0319. The van der Waals surface area contributed by atoms with Crippen LogP contribution in [0.3, 0.4) is 0 Å². The molecule has 0 heterocycles. The Bertz CT molecular complexity index is 1170. The minimum atomic E-state index is -1.16. The highest BCUT2D eigenvalue weighted by Crippen LogP contribution is 2.46. The molecule has 2 aromatic rings. The van der Waals surface area contributed by atoms with E-state index in [9.17, 15) is 33.8 Å². The Morgan fingerprint density at radius 2 is 1.37 bits per heavy atom. The predicted molar refractivity (Wildman–Crippen MR) is 138 cm³/mol. The number of hydrogen-bond donors (Lipinski definition) is 2. The van der Waals surface area contributed by atoms with E-state index in [-0.39, 0.29) is 19.3 Å². The molecule has 0 unspecified atom stereocenters. The molecule has 8 nitrogen and oxygen atoms in total. The van der Waals surface area contributed by atoms with Crippen molar-refractivity contribution in [1.29, 1.82) is 0 Å². The number of phenols is 2. The van der Waals surface area contributed by atoms with Gasteiger partial charge in [-0.2, -0.15) is 0 Å². The van der Waals surface area contributed by atoms with Gasteiger partial charge in [-0.1, -0.05) is 52.2 Å². The van der Waals surface area contributed by atoms with Crippen LogP contribution < -0.4 is 4.74 Å². The molecule has 0 radical (unpaired) electrons. The third kappa shape index (κ3) is 7.87. The van der Waals surface area contributed by atoms with Crippen molar-refractivity contribution < 1.29 is 43.3 Å². The van der Waals surface area contributed by atoms with Crippen molar-refractivity contribution in [3.05, 3.63) is 52.3 Å². The van der Waals surface area contributed by atoms with Crippen molar-refractivity contribution in [3.63, 3.8) is 0 Å². The zero-order valence-corrected chi connectivity index (χ0v) is 22.1. The summed E-state index contributed by atoms with van der Waals surface area (Å²) in [5.41, 5.74) is -1.35. The number of unbranched alkanes of at least 4 members (excludes halogenated alkanes) is 3. The number of hydrogen-bond acceptors (Lipinski definition) is 8. The molecule has 0 aromatic heterocycles. The topological polar surface area (TPSA) is 127 Å². The second kappa shape index (κ2) is 14.9. The van der Waals surface area contributed by atoms with Gasteiger partial charge >= 0.3 is 11.9 Å². The molecular weight excluding hydrogens is 495 g/mol. The molecule has 0 aliphatic carbocycles. The van der Waals surface area contributed by atoms with Crippen molar-refractivity contribution in [1.82, 2.24) is 0 Å². The van der Waals surface area contributed by atoms with E-state index in [1.807, 2.05) is 20.8 Å². The van der Waals surface area contributed by atoms with Gasteiger partial charge in [-0.05, 0) is 37.0 Å². The molecule has 0 saturated heterocycles. The Labute approximate surface area is 221 Å². The van der Waals surface area contributed by atoms with Gasteiger partial charge < -0.3 is 19.7 Å².